The maximum Gasteiger partial charge on any atom is 0.416 e. The quantitative estimate of drug-likeness (QED) is 0.507. The van der Waals surface area contributed by atoms with Crippen LogP contribution in [0.15, 0.2) is 24.3 Å². The van der Waals surface area contributed by atoms with Crippen molar-refractivity contribution in [1.82, 2.24) is 4.98 Å². The molecule has 84 valence electrons. The molecule has 0 spiro atoms. The zero-order chi connectivity index (χ0) is 11.9. The zero-order valence-corrected chi connectivity index (χ0v) is 8.40. The highest BCUT2D eigenvalue weighted by atomic mass is 35.5. The van der Waals surface area contributed by atoms with Crippen molar-refractivity contribution in [2.45, 2.75) is 6.18 Å². The number of alkyl halides is 3. The first-order valence-electron chi connectivity index (χ1n) is 4.21. The molecular weight excluding hydrogens is 246 g/mol. The van der Waals surface area contributed by atoms with Crippen LogP contribution in [0.3, 0.4) is 0 Å². The topological polar surface area (TPSA) is 12.9 Å². The van der Waals surface area contributed by atoms with Crippen LogP contribution in [0.1, 0.15) is 5.56 Å². The van der Waals surface area contributed by atoms with Crippen molar-refractivity contribution in [3.05, 3.63) is 40.9 Å². The van der Waals surface area contributed by atoms with Gasteiger partial charge in [0.25, 0.3) is 0 Å². The lowest BCUT2D eigenvalue weighted by Crippen LogP contribution is -2.04. The molecule has 1 aromatic heterocycles. The van der Waals surface area contributed by atoms with Crippen LogP contribution in [-0.4, -0.2) is 4.98 Å². The number of rotatable bonds is 0. The van der Waals surface area contributed by atoms with E-state index in [2.05, 4.69) is 4.98 Å². The van der Waals surface area contributed by atoms with Crippen LogP contribution in [0.4, 0.5) is 17.6 Å². The molecule has 0 aliphatic carbocycles. The van der Waals surface area contributed by atoms with E-state index >= 15 is 0 Å². The third-order valence-electron chi connectivity index (χ3n) is 2.08. The number of benzene rings is 1. The minimum atomic E-state index is -4.45. The fraction of sp³-hybridized carbons (Fsp3) is 0.100. The van der Waals surface area contributed by atoms with E-state index in [1.807, 2.05) is 0 Å². The van der Waals surface area contributed by atoms with Crippen LogP contribution in [-0.2, 0) is 6.18 Å². The lowest BCUT2D eigenvalue weighted by Gasteiger charge is -2.08. The Balaban J connectivity index is 2.72. The summed E-state index contributed by atoms with van der Waals surface area (Å²) in [5.41, 5.74) is -0.838. The molecular formula is C10H4ClF4N. The van der Waals surface area contributed by atoms with Gasteiger partial charge in [-0.15, -0.1) is 0 Å². The second-order valence-electron chi connectivity index (χ2n) is 3.17. The van der Waals surface area contributed by atoms with Gasteiger partial charge in [0.2, 0.25) is 5.95 Å². The molecule has 1 aromatic carbocycles. The molecule has 2 aromatic rings. The highest BCUT2D eigenvalue weighted by Crippen LogP contribution is 2.33. The van der Waals surface area contributed by atoms with Gasteiger partial charge in [0.05, 0.1) is 5.56 Å². The van der Waals surface area contributed by atoms with Crippen molar-refractivity contribution >= 4 is 22.4 Å². The van der Waals surface area contributed by atoms with E-state index in [-0.39, 0.29) is 15.9 Å². The highest BCUT2D eigenvalue weighted by molar-refractivity contribution is 6.34. The monoisotopic (exact) mass is 249 g/mol. The molecule has 0 aliphatic rings. The summed E-state index contributed by atoms with van der Waals surface area (Å²) in [6, 6.07) is 3.92. The van der Waals surface area contributed by atoms with Gasteiger partial charge in [-0.25, -0.2) is 4.98 Å². The number of halogens is 5. The van der Waals surface area contributed by atoms with Crippen LogP contribution in [0, 0.1) is 5.95 Å². The molecule has 0 saturated heterocycles. The molecule has 0 N–H and O–H groups in total. The first-order chi connectivity index (χ1) is 7.38. The smallest absolute Gasteiger partial charge is 0.207 e. The summed E-state index contributed by atoms with van der Waals surface area (Å²) in [5.74, 6) is -0.822. The Hall–Kier alpha value is -1.36. The van der Waals surface area contributed by atoms with Crippen LogP contribution in [0.5, 0.6) is 0 Å². The number of hydrogen-bond donors (Lipinski definition) is 0. The Kier molecular flexibility index (Phi) is 2.50. The van der Waals surface area contributed by atoms with Crippen molar-refractivity contribution in [2.75, 3.05) is 0 Å². The largest absolute Gasteiger partial charge is 0.416 e. The van der Waals surface area contributed by atoms with Crippen molar-refractivity contribution in [1.29, 1.82) is 0 Å². The summed E-state index contributed by atoms with van der Waals surface area (Å²) >= 11 is 5.57. The van der Waals surface area contributed by atoms with E-state index in [1.165, 1.54) is 0 Å². The minimum Gasteiger partial charge on any atom is -0.207 e. The van der Waals surface area contributed by atoms with Crippen molar-refractivity contribution in [3.8, 4) is 0 Å². The molecule has 16 heavy (non-hydrogen) atoms. The number of aromatic nitrogens is 1. The molecule has 1 heterocycles. The van der Waals surface area contributed by atoms with E-state index < -0.39 is 17.7 Å². The van der Waals surface area contributed by atoms with Gasteiger partial charge in [-0.1, -0.05) is 17.7 Å². The Morgan fingerprint density at radius 2 is 1.81 bits per heavy atom. The molecule has 1 nitrogen and oxygen atoms in total. The van der Waals surface area contributed by atoms with Crippen LogP contribution in [0.25, 0.3) is 10.8 Å². The van der Waals surface area contributed by atoms with Gasteiger partial charge in [-0.2, -0.15) is 17.6 Å². The first kappa shape index (κ1) is 11.1. The van der Waals surface area contributed by atoms with E-state index in [0.29, 0.717) is 0 Å². The van der Waals surface area contributed by atoms with E-state index in [4.69, 9.17) is 11.6 Å². The van der Waals surface area contributed by atoms with E-state index in [1.54, 1.807) is 0 Å². The molecule has 0 fully saturated rings. The Morgan fingerprint density at radius 3 is 2.44 bits per heavy atom. The van der Waals surface area contributed by atoms with E-state index in [0.717, 1.165) is 24.3 Å². The first-order valence-corrected chi connectivity index (χ1v) is 4.59. The van der Waals surface area contributed by atoms with Gasteiger partial charge < -0.3 is 0 Å². The molecule has 0 atom stereocenters. The van der Waals surface area contributed by atoms with Crippen LogP contribution < -0.4 is 0 Å². The number of hydrogen-bond acceptors (Lipinski definition) is 1. The molecule has 0 bridgehead atoms. The standard InChI is InChI=1S/C10H4ClF4N/c11-9-7-4-6(10(13,14)15)2-1-5(7)3-8(12)16-9/h1-4H. The summed E-state index contributed by atoms with van der Waals surface area (Å²) < 4.78 is 50.0. The number of pyridine rings is 1. The minimum absolute atomic E-state index is 0.0814. The maximum absolute atomic E-state index is 12.8. The average Bonchev–Trinajstić information content (AvgIpc) is 2.15. The molecule has 0 saturated carbocycles. The molecule has 0 aliphatic heterocycles. The van der Waals surface area contributed by atoms with Gasteiger partial charge in [0, 0.05) is 11.5 Å². The van der Waals surface area contributed by atoms with Gasteiger partial charge in [-0.3, -0.25) is 0 Å². The summed E-state index contributed by atoms with van der Waals surface area (Å²) in [5, 5.41) is 0.0875. The predicted molar refractivity (Wildman–Crippen MR) is 51.7 cm³/mol. The predicted octanol–water partition coefficient (Wildman–Crippen LogP) is 4.05. The Bertz CT molecular complexity index is 550. The average molecular weight is 250 g/mol. The fourth-order valence-corrected chi connectivity index (χ4v) is 1.60. The second kappa shape index (κ2) is 3.59. The van der Waals surface area contributed by atoms with Crippen molar-refractivity contribution < 1.29 is 17.6 Å². The SMILES string of the molecule is Fc1cc2ccc(C(F)(F)F)cc2c(Cl)n1. The molecule has 6 heteroatoms. The van der Waals surface area contributed by atoms with Gasteiger partial charge in [-0.05, 0) is 17.5 Å². The van der Waals surface area contributed by atoms with Crippen LogP contribution in [0.2, 0.25) is 5.15 Å². The highest BCUT2D eigenvalue weighted by Gasteiger charge is 2.30. The van der Waals surface area contributed by atoms with Crippen molar-refractivity contribution in [3.63, 3.8) is 0 Å². The Labute approximate surface area is 92.7 Å². The third-order valence-corrected chi connectivity index (χ3v) is 2.37. The molecule has 0 radical (unpaired) electrons. The normalized spacial score (nSPS) is 12.1. The van der Waals surface area contributed by atoms with Gasteiger partial charge in [0.15, 0.2) is 0 Å². The van der Waals surface area contributed by atoms with Gasteiger partial charge >= 0.3 is 6.18 Å². The van der Waals surface area contributed by atoms with E-state index in [9.17, 15) is 17.6 Å². The summed E-state index contributed by atoms with van der Waals surface area (Å²) in [6.07, 6.45) is -4.45. The number of nitrogens with zero attached hydrogens (tertiary/aromatic N) is 1. The summed E-state index contributed by atoms with van der Waals surface area (Å²) in [6.45, 7) is 0. The molecule has 0 amide bonds. The zero-order valence-electron chi connectivity index (χ0n) is 7.65. The van der Waals surface area contributed by atoms with Crippen molar-refractivity contribution in [2.24, 2.45) is 0 Å². The third kappa shape index (κ3) is 1.95. The summed E-state index contributed by atoms with van der Waals surface area (Å²) in [7, 11) is 0. The second-order valence-corrected chi connectivity index (χ2v) is 3.53. The molecule has 0 unspecified atom stereocenters. The fourth-order valence-electron chi connectivity index (χ4n) is 1.35. The number of fused-ring (bicyclic) bond motifs is 1. The van der Waals surface area contributed by atoms with Crippen LogP contribution >= 0.6 is 11.6 Å². The lowest BCUT2D eigenvalue weighted by molar-refractivity contribution is -0.137. The van der Waals surface area contributed by atoms with Gasteiger partial charge in [0.1, 0.15) is 5.15 Å². The maximum atomic E-state index is 12.8. The molecule has 2 rings (SSSR count). The lowest BCUT2D eigenvalue weighted by atomic mass is 10.1. The summed E-state index contributed by atoms with van der Waals surface area (Å²) in [4.78, 5) is 3.26. The Morgan fingerprint density at radius 1 is 1.12 bits per heavy atom.